The molecule has 9 heteroatoms. The number of carbonyl (C=O) groups excluding carboxylic acids is 2. The maximum absolute atomic E-state index is 14.3. The van der Waals surface area contributed by atoms with E-state index in [2.05, 4.69) is 31.9 Å². The van der Waals surface area contributed by atoms with Crippen LogP contribution in [0.2, 0.25) is 5.02 Å². The van der Waals surface area contributed by atoms with Gasteiger partial charge in [-0.2, -0.15) is 0 Å². The second-order valence-corrected chi connectivity index (χ2v) is 6.69. The van der Waals surface area contributed by atoms with Crippen molar-refractivity contribution in [3.63, 3.8) is 0 Å². The summed E-state index contributed by atoms with van der Waals surface area (Å²) in [5.41, 5.74) is 0.0413. The average molecular weight is 496 g/mol. The first-order valence-electron chi connectivity index (χ1n) is 6.71. The fourth-order valence-corrected chi connectivity index (χ4v) is 4.07. The van der Waals surface area contributed by atoms with Crippen molar-refractivity contribution in [3.8, 4) is 0 Å². The first-order valence-corrected chi connectivity index (χ1v) is 8.67. The van der Waals surface area contributed by atoms with Crippen molar-refractivity contribution >= 4 is 61.1 Å². The molecule has 1 aliphatic rings. The Morgan fingerprint density at radius 2 is 1.80 bits per heavy atom. The summed E-state index contributed by atoms with van der Waals surface area (Å²) >= 11 is 12.3. The number of ether oxygens (including phenoxy) is 2. The van der Waals surface area contributed by atoms with Crippen molar-refractivity contribution in [3.05, 3.63) is 61.5 Å². The summed E-state index contributed by atoms with van der Waals surface area (Å²) in [6, 6.07) is 1.34. The van der Waals surface area contributed by atoms with Crippen LogP contribution in [0.1, 0.15) is 0 Å². The largest absolute Gasteiger partial charge is 0.465 e. The van der Waals surface area contributed by atoms with Crippen molar-refractivity contribution in [1.82, 2.24) is 0 Å². The minimum absolute atomic E-state index is 0.00374. The highest BCUT2D eigenvalue weighted by Crippen LogP contribution is 2.42. The van der Waals surface area contributed by atoms with Crippen molar-refractivity contribution in [1.29, 1.82) is 0 Å². The fourth-order valence-electron chi connectivity index (χ4n) is 2.11. The lowest BCUT2D eigenvalue weighted by Crippen LogP contribution is -2.27. The van der Waals surface area contributed by atoms with E-state index < -0.39 is 17.8 Å². The van der Waals surface area contributed by atoms with Gasteiger partial charge in [0.1, 0.15) is 5.70 Å². The number of nitrogens with zero attached hydrogens (tertiary/aromatic N) is 1. The van der Waals surface area contributed by atoms with Crippen LogP contribution >= 0.6 is 43.5 Å². The molecule has 0 unspecified atom stereocenters. The standard InChI is InChI=1S/C16H11Br2ClFNO4/c1-24-15(22)8-5-3-4-6-21(13(8)16(23)25-2)14-9(17)7-10(19)12(20)11(14)18/h3-7H,1-2H3. The van der Waals surface area contributed by atoms with Gasteiger partial charge < -0.3 is 14.4 Å². The molecular weight excluding hydrogens is 484 g/mol. The van der Waals surface area contributed by atoms with E-state index in [1.165, 1.54) is 37.5 Å². The van der Waals surface area contributed by atoms with Gasteiger partial charge in [-0.25, -0.2) is 14.0 Å². The number of hydrogen-bond donors (Lipinski definition) is 0. The van der Waals surface area contributed by atoms with Gasteiger partial charge in [-0.15, -0.1) is 0 Å². The molecule has 0 spiro atoms. The highest BCUT2D eigenvalue weighted by molar-refractivity contribution is 9.11. The summed E-state index contributed by atoms with van der Waals surface area (Å²) in [5.74, 6) is -2.26. The summed E-state index contributed by atoms with van der Waals surface area (Å²) in [6.07, 6.45) is 6.01. The molecule has 0 bridgehead atoms. The zero-order valence-electron chi connectivity index (χ0n) is 13.0. The number of methoxy groups -OCH3 is 2. The van der Waals surface area contributed by atoms with Crippen LogP contribution in [-0.2, 0) is 19.1 Å². The van der Waals surface area contributed by atoms with E-state index in [4.69, 9.17) is 21.1 Å². The summed E-state index contributed by atoms with van der Waals surface area (Å²) in [6.45, 7) is 0. The Morgan fingerprint density at radius 3 is 2.40 bits per heavy atom. The van der Waals surface area contributed by atoms with Crippen molar-refractivity contribution in [2.75, 3.05) is 19.1 Å². The second kappa shape index (κ2) is 8.16. The van der Waals surface area contributed by atoms with Crippen LogP contribution in [0.5, 0.6) is 0 Å². The van der Waals surface area contributed by atoms with Gasteiger partial charge in [0.2, 0.25) is 0 Å². The molecule has 0 N–H and O–H groups in total. The van der Waals surface area contributed by atoms with Crippen molar-refractivity contribution < 1.29 is 23.5 Å². The highest BCUT2D eigenvalue weighted by Gasteiger charge is 2.30. The molecule has 0 radical (unpaired) electrons. The molecule has 0 aliphatic carbocycles. The van der Waals surface area contributed by atoms with Crippen LogP contribution in [-0.4, -0.2) is 26.2 Å². The van der Waals surface area contributed by atoms with Crippen molar-refractivity contribution in [2.45, 2.75) is 0 Å². The van der Waals surface area contributed by atoms with E-state index in [0.717, 1.165) is 0 Å². The summed E-state index contributed by atoms with van der Waals surface area (Å²) in [7, 11) is 2.36. The number of anilines is 1. The maximum Gasteiger partial charge on any atom is 0.355 e. The van der Waals surface area contributed by atoms with Crippen LogP contribution < -0.4 is 4.90 Å². The maximum atomic E-state index is 14.3. The molecular formula is C16H11Br2ClFNO4. The normalized spacial score (nSPS) is 13.8. The van der Waals surface area contributed by atoms with E-state index in [1.807, 2.05) is 0 Å². The molecule has 132 valence electrons. The lowest BCUT2D eigenvalue weighted by molar-refractivity contribution is -0.139. The number of carbonyl (C=O) groups is 2. The van der Waals surface area contributed by atoms with E-state index in [1.54, 1.807) is 12.2 Å². The van der Waals surface area contributed by atoms with Gasteiger partial charge in [0, 0.05) is 10.7 Å². The van der Waals surface area contributed by atoms with E-state index in [-0.39, 0.29) is 26.5 Å². The van der Waals surface area contributed by atoms with Gasteiger partial charge in [-0.3, -0.25) is 0 Å². The van der Waals surface area contributed by atoms with Gasteiger partial charge in [-0.1, -0.05) is 17.7 Å². The lowest BCUT2D eigenvalue weighted by Gasteiger charge is -2.25. The number of esters is 2. The number of rotatable bonds is 3. The zero-order chi connectivity index (χ0) is 18.7. The molecule has 0 amide bonds. The fraction of sp³-hybridized carbons (Fsp3) is 0.125. The van der Waals surface area contributed by atoms with Crippen LogP contribution in [0.4, 0.5) is 10.1 Å². The topological polar surface area (TPSA) is 55.8 Å². The molecule has 0 atom stereocenters. The molecule has 1 heterocycles. The van der Waals surface area contributed by atoms with Crippen LogP contribution in [0.15, 0.2) is 50.7 Å². The average Bonchev–Trinajstić information content (AvgIpc) is 2.81. The van der Waals surface area contributed by atoms with E-state index >= 15 is 0 Å². The smallest absolute Gasteiger partial charge is 0.355 e. The van der Waals surface area contributed by atoms with Gasteiger partial charge in [0.25, 0.3) is 0 Å². The van der Waals surface area contributed by atoms with Crippen LogP contribution in [0.3, 0.4) is 0 Å². The van der Waals surface area contributed by atoms with Gasteiger partial charge in [0.15, 0.2) is 5.82 Å². The molecule has 2 rings (SSSR count). The Hall–Kier alpha value is -1.64. The monoisotopic (exact) mass is 493 g/mol. The zero-order valence-corrected chi connectivity index (χ0v) is 16.9. The molecule has 5 nitrogen and oxygen atoms in total. The van der Waals surface area contributed by atoms with Gasteiger partial charge >= 0.3 is 11.9 Å². The first kappa shape index (κ1) is 19.7. The predicted octanol–water partition coefficient (Wildman–Crippen LogP) is 4.49. The molecule has 1 aromatic carbocycles. The number of allylic oxidation sites excluding steroid dienone is 2. The second-order valence-electron chi connectivity index (χ2n) is 4.63. The summed E-state index contributed by atoms with van der Waals surface area (Å²) < 4.78 is 24.2. The van der Waals surface area contributed by atoms with Gasteiger partial charge in [-0.05, 0) is 50.1 Å². The Labute approximate surface area is 165 Å². The van der Waals surface area contributed by atoms with E-state index in [9.17, 15) is 14.0 Å². The molecule has 0 aromatic heterocycles. The third-order valence-corrected chi connectivity index (χ3v) is 4.82. The third-order valence-electron chi connectivity index (χ3n) is 3.22. The minimum atomic E-state index is -0.800. The SMILES string of the molecule is COC(=O)C1=C(C(=O)OC)N(c2c(Br)cc(Cl)c(F)c2Br)C=CC=C1. The van der Waals surface area contributed by atoms with Crippen LogP contribution in [0.25, 0.3) is 0 Å². The quantitative estimate of drug-likeness (QED) is 0.351. The molecule has 1 aromatic rings. The first-order chi connectivity index (χ1) is 11.8. The number of hydrogen-bond acceptors (Lipinski definition) is 5. The number of halogens is 4. The molecule has 1 aliphatic heterocycles. The molecule has 0 saturated carbocycles. The minimum Gasteiger partial charge on any atom is -0.465 e. The van der Waals surface area contributed by atoms with Crippen molar-refractivity contribution in [2.24, 2.45) is 0 Å². The predicted molar refractivity (Wildman–Crippen MR) is 98.6 cm³/mol. The molecule has 25 heavy (non-hydrogen) atoms. The third kappa shape index (κ3) is 3.80. The Balaban J connectivity index is 2.81. The Bertz CT molecular complexity index is 836. The summed E-state index contributed by atoms with van der Waals surface area (Å²) in [4.78, 5) is 25.8. The van der Waals surface area contributed by atoms with E-state index in [0.29, 0.717) is 4.47 Å². The molecule has 0 saturated heterocycles. The summed E-state index contributed by atoms with van der Waals surface area (Å²) in [5, 5.41) is -0.115. The Morgan fingerprint density at radius 1 is 1.16 bits per heavy atom. The molecule has 0 fully saturated rings. The van der Waals surface area contributed by atoms with Crippen LogP contribution in [0, 0.1) is 5.82 Å². The number of benzene rings is 1. The Kier molecular flexibility index (Phi) is 6.42. The lowest BCUT2D eigenvalue weighted by atomic mass is 10.1. The van der Waals surface area contributed by atoms with Gasteiger partial charge in [0.05, 0.1) is 35.0 Å². The highest BCUT2D eigenvalue weighted by atomic mass is 79.9.